The van der Waals surface area contributed by atoms with E-state index >= 15 is 0 Å². The van der Waals surface area contributed by atoms with Gasteiger partial charge in [0, 0.05) is 0 Å². The van der Waals surface area contributed by atoms with Crippen molar-refractivity contribution in [2.45, 2.75) is 65.2 Å². The number of nitrogens with two attached hydrogens (primary N) is 1. The highest BCUT2D eigenvalue weighted by Crippen LogP contribution is 2.15. The molecule has 0 saturated heterocycles. The molecule has 18 heavy (non-hydrogen) atoms. The molecule has 2 N–H and O–H groups in total. The van der Waals surface area contributed by atoms with Gasteiger partial charge in [-0.25, -0.2) is 0 Å². The van der Waals surface area contributed by atoms with Crippen molar-refractivity contribution in [3.05, 3.63) is 34.9 Å². The third-order valence-corrected chi connectivity index (χ3v) is 3.65. The van der Waals surface area contributed by atoms with Gasteiger partial charge in [-0.3, -0.25) is 0 Å². The molecule has 0 bridgehead atoms. The standard InChI is InChI=1S/C17H29N/c1-15-11-12-17(16(2)14-15)10-8-6-4-3-5-7-9-13-18/h11-12,14H,3-10,13,18H2,1-2H3. The summed E-state index contributed by atoms with van der Waals surface area (Å²) in [7, 11) is 0. The van der Waals surface area contributed by atoms with Crippen LogP contribution in [0.15, 0.2) is 18.2 Å². The Bertz CT molecular complexity index is 330. The molecule has 1 rings (SSSR count). The summed E-state index contributed by atoms with van der Waals surface area (Å²) in [6, 6.07) is 6.82. The topological polar surface area (TPSA) is 26.0 Å². The van der Waals surface area contributed by atoms with Crippen LogP contribution >= 0.6 is 0 Å². The lowest BCUT2D eigenvalue weighted by Gasteiger charge is -2.07. The number of hydrogen-bond acceptors (Lipinski definition) is 1. The van der Waals surface area contributed by atoms with Gasteiger partial charge in [-0.2, -0.15) is 0 Å². The second kappa shape index (κ2) is 9.16. The van der Waals surface area contributed by atoms with Crippen LogP contribution in [0.25, 0.3) is 0 Å². The number of hydrogen-bond donors (Lipinski definition) is 1. The summed E-state index contributed by atoms with van der Waals surface area (Å²) < 4.78 is 0. The second-order valence-electron chi connectivity index (χ2n) is 5.44. The molecular formula is C17H29N. The van der Waals surface area contributed by atoms with Crippen molar-refractivity contribution < 1.29 is 0 Å². The Morgan fingerprint density at radius 1 is 0.833 bits per heavy atom. The first-order valence-corrected chi connectivity index (χ1v) is 7.50. The van der Waals surface area contributed by atoms with Crippen molar-refractivity contribution in [3.63, 3.8) is 0 Å². The fraction of sp³-hybridized carbons (Fsp3) is 0.647. The summed E-state index contributed by atoms with van der Waals surface area (Å²) >= 11 is 0. The number of rotatable bonds is 9. The molecule has 0 heterocycles. The average molecular weight is 247 g/mol. The zero-order valence-electron chi connectivity index (χ0n) is 12.2. The van der Waals surface area contributed by atoms with Gasteiger partial charge >= 0.3 is 0 Å². The van der Waals surface area contributed by atoms with Gasteiger partial charge in [-0.1, -0.05) is 55.9 Å². The summed E-state index contributed by atoms with van der Waals surface area (Å²) in [6.07, 6.45) is 10.6. The molecule has 0 fully saturated rings. The quantitative estimate of drug-likeness (QED) is 0.637. The van der Waals surface area contributed by atoms with Crippen molar-refractivity contribution in [2.75, 3.05) is 6.54 Å². The Kier molecular flexibility index (Phi) is 7.75. The van der Waals surface area contributed by atoms with Crippen LogP contribution in [0.1, 0.15) is 61.6 Å². The molecule has 0 aliphatic carbocycles. The average Bonchev–Trinajstić information content (AvgIpc) is 2.35. The minimum atomic E-state index is 0.854. The van der Waals surface area contributed by atoms with Crippen LogP contribution in [0.5, 0.6) is 0 Å². The third-order valence-electron chi connectivity index (χ3n) is 3.65. The molecule has 0 aliphatic heterocycles. The maximum atomic E-state index is 5.48. The second-order valence-corrected chi connectivity index (χ2v) is 5.44. The van der Waals surface area contributed by atoms with Crippen LogP contribution in [-0.4, -0.2) is 6.54 Å². The molecule has 0 amide bonds. The predicted octanol–water partition coefficient (Wildman–Crippen LogP) is 4.54. The molecule has 0 spiro atoms. The van der Waals surface area contributed by atoms with Crippen molar-refractivity contribution in [1.82, 2.24) is 0 Å². The van der Waals surface area contributed by atoms with E-state index in [1.54, 1.807) is 0 Å². The molecule has 1 nitrogen and oxygen atoms in total. The summed E-state index contributed by atoms with van der Waals surface area (Å²) in [5.41, 5.74) is 9.84. The number of unbranched alkanes of at least 4 members (excludes halogenated alkanes) is 6. The van der Waals surface area contributed by atoms with Crippen molar-refractivity contribution >= 4 is 0 Å². The largest absolute Gasteiger partial charge is 0.330 e. The fourth-order valence-electron chi connectivity index (χ4n) is 2.47. The van der Waals surface area contributed by atoms with Crippen molar-refractivity contribution in [1.29, 1.82) is 0 Å². The monoisotopic (exact) mass is 247 g/mol. The van der Waals surface area contributed by atoms with E-state index in [1.807, 2.05) is 0 Å². The highest BCUT2D eigenvalue weighted by Gasteiger charge is 1.98. The first-order chi connectivity index (χ1) is 8.74. The van der Waals surface area contributed by atoms with Crippen LogP contribution in [-0.2, 0) is 6.42 Å². The smallest absolute Gasteiger partial charge is 0.00773 e. The van der Waals surface area contributed by atoms with E-state index in [0.29, 0.717) is 0 Å². The van der Waals surface area contributed by atoms with E-state index in [1.165, 1.54) is 68.1 Å². The maximum absolute atomic E-state index is 5.48. The highest BCUT2D eigenvalue weighted by molar-refractivity contribution is 5.30. The fourth-order valence-corrected chi connectivity index (χ4v) is 2.47. The van der Waals surface area contributed by atoms with Crippen LogP contribution in [0.2, 0.25) is 0 Å². The van der Waals surface area contributed by atoms with Gasteiger partial charge in [0.05, 0.1) is 0 Å². The molecule has 0 radical (unpaired) electrons. The van der Waals surface area contributed by atoms with Crippen LogP contribution < -0.4 is 5.73 Å². The minimum absolute atomic E-state index is 0.854. The summed E-state index contributed by atoms with van der Waals surface area (Å²) in [5.74, 6) is 0. The normalized spacial score (nSPS) is 10.8. The molecule has 0 aliphatic rings. The lowest BCUT2D eigenvalue weighted by atomic mass is 9.99. The van der Waals surface area contributed by atoms with Gasteiger partial charge in [-0.15, -0.1) is 0 Å². The molecule has 0 aromatic heterocycles. The van der Waals surface area contributed by atoms with E-state index in [-0.39, 0.29) is 0 Å². The molecule has 102 valence electrons. The lowest BCUT2D eigenvalue weighted by Crippen LogP contribution is -1.97. The third kappa shape index (κ3) is 6.20. The maximum Gasteiger partial charge on any atom is -0.00773 e. The summed E-state index contributed by atoms with van der Waals surface area (Å²) in [4.78, 5) is 0. The Morgan fingerprint density at radius 3 is 2.06 bits per heavy atom. The SMILES string of the molecule is Cc1ccc(CCCCCCCCCN)c(C)c1. The summed E-state index contributed by atoms with van der Waals surface area (Å²) in [6.45, 7) is 5.25. The zero-order valence-corrected chi connectivity index (χ0v) is 12.2. The van der Waals surface area contributed by atoms with Gasteiger partial charge in [-0.05, 0) is 50.8 Å². The Hall–Kier alpha value is -0.820. The van der Waals surface area contributed by atoms with Gasteiger partial charge in [0.1, 0.15) is 0 Å². The first kappa shape index (κ1) is 15.2. The molecular weight excluding hydrogens is 218 g/mol. The van der Waals surface area contributed by atoms with E-state index in [0.717, 1.165) is 6.54 Å². The van der Waals surface area contributed by atoms with Gasteiger partial charge in [0.25, 0.3) is 0 Å². The van der Waals surface area contributed by atoms with Crippen LogP contribution in [0, 0.1) is 13.8 Å². The van der Waals surface area contributed by atoms with Crippen molar-refractivity contribution in [2.24, 2.45) is 5.73 Å². The van der Waals surface area contributed by atoms with E-state index < -0.39 is 0 Å². The summed E-state index contributed by atoms with van der Waals surface area (Å²) in [5, 5.41) is 0. The number of benzene rings is 1. The Morgan fingerprint density at radius 2 is 1.44 bits per heavy atom. The molecule has 0 saturated carbocycles. The van der Waals surface area contributed by atoms with Crippen LogP contribution in [0.3, 0.4) is 0 Å². The number of aryl methyl sites for hydroxylation is 3. The zero-order chi connectivity index (χ0) is 13.2. The van der Waals surface area contributed by atoms with E-state index in [9.17, 15) is 0 Å². The molecule has 0 atom stereocenters. The molecule has 1 aromatic rings. The highest BCUT2D eigenvalue weighted by atomic mass is 14.5. The van der Waals surface area contributed by atoms with E-state index in [4.69, 9.17) is 5.73 Å². The van der Waals surface area contributed by atoms with Crippen molar-refractivity contribution in [3.8, 4) is 0 Å². The van der Waals surface area contributed by atoms with Gasteiger partial charge < -0.3 is 5.73 Å². The Balaban J connectivity index is 2.07. The molecule has 1 aromatic carbocycles. The Labute approximate surface area is 113 Å². The minimum Gasteiger partial charge on any atom is -0.330 e. The van der Waals surface area contributed by atoms with Crippen LogP contribution in [0.4, 0.5) is 0 Å². The van der Waals surface area contributed by atoms with Gasteiger partial charge in [0.2, 0.25) is 0 Å². The van der Waals surface area contributed by atoms with E-state index in [2.05, 4.69) is 32.0 Å². The first-order valence-electron chi connectivity index (χ1n) is 7.50. The lowest BCUT2D eigenvalue weighted by molar-refractivity contribution is 0.581. The molecule has 0 unspecified atom stereocenters. The predicted molar refractivity (Wildman–Crippen MR) is 81.0 cm³/mol. The van der Waals surface area contributed by atoms with Gasteiger partial charge in [0.15, 0.2) is 0 Å². The molecule has 1 heteroatoms.